The normalized spacial score (nSPS) is 15.7. The second-order valence-electron chi connectivity index (χ2n) is 7.68. The number of hydrogen-bond acceptors (Lipinski definition) is 5. The van der Waals surface area contributed by atoms with E-state index >= 15 is 0 Å². The summed E-state index contributed by atoms with van der Waals surface area (Å²) in [5, 5.41) is 7.75. The first kappa shape index (κ1) is 22.0. The molecule has 7 heteroatoms. The van der Waals surface area contributed by atoms with Crippen LogP contribution in [0.3, 0.4) is 0 Å². The monoisotopic (exact) mass is 430 g/mol. The second kappa shape index (κ2) is 9.85. The molecule has 1 fully saturated rings. The topological polar surface area (TPSA) is 66.9 Å². The summed E-state index contributed by atoms with van der Waals surface area (Å²) in [6.07, 6.45) is 9.82. The largest absolute Gasteiger partial charge is 0.337 e. The van der Waals surface area contributed by atoms with Crippen molar-refractivity contribution < 1.29 is 4.79 Å². The fraction of sp³-hybridized carbons (Fsp3) is 0.500. The molecule has 2 N–H and O–H groups in total. The van der Waals surface area contributed by atoms with Crippen LogP contribution in [-0.4, -0.2) is 35.1 Å². The minimum Gasteiger partial charge on any atom is -0.337 e. The van der Waals surface area contributed by atoms with Gasteiger partial charge in [-0.2, -0.15) is 0 Å². The number of thioether (sulfide) groups is 2. The van der Waals surface area contributed by atoms with E-state index in [1.807, 2.05) is 19.4 Å². The van der Waals surface area contributed by atoms with Gasteiger partial charge in [0.25, 0.3) is 0 Å². The highest BCUT2D eigenvalue weighted by molar-refractivity contribution is 7.99. The maximum absolute atomic E-state index is 12.8. The van der Waals surface area contributed by atoms with E-state index in [0.717, 1.165) is 22.9 Å². The van der Waals surface area contributed by atoms with Crippen molar-refractivity contribution in [1.82, 2.24) is 15.3 Å². The molecule has 1 aromatic heterocycles. The summed E-state index contributed by atoms with van der Waals surface area (Å²) in [5.41, 5.74) is 3.30. The van der Waals surface area contributed by atoms with Crippen molar-refractivity contribution in [3.8, 4) is 0 Å². The number of nitrogens with one attached hydrogen (secondary N) is 2. The smallest absolute Gasteiger partial charge is 0.319 e. The molecule has 5 nitrogen and oxygen atoms in total. The first-order valence-corrected chi connectivity index (χ1v) is 12.5. The number of carbonyl (C=O) groups is 1. The highest BCUT2D eigenvalue weighted by atomic mass is 32.2. The average molecular weight is 431 g/mol. The van der Waals surface area contributed by atoms with Crippen molar-refractivity contribution in [2.75, 3.05) is 24.4 Å². The zero-order valence-electron chi connectivity index (χ0n) is 17.7. The number of hydrogen-bond donors (Lipinski definition) is 2. The summed E-state index contributed by atoms with van der Waals surface area (Å²) >= 11 is 3.04. The Hall–Kier alpha value is -1.73. The molecule has 1 aliphatic rings. The van der Waals surface area contributed by atoms with Crippen LogP contribution < -0.4 is 10.6 Å². The van der Waals surface area contributed by atoms with Gasteiger partial charge in [0.1, 0.15) is 21.6 Å². The number of rotatable bonds is 6. The van der Waals surface area contributed by atoms with Gasteiger partial charge in [-0.15, -0.1) is 23.5 Å². The highest BCUT2D eigenvalue weighted by Crippen LogP contribution is 2.39. The van der Waals surface area contributed by atoms with Crippen molar-refractivity contribution in [2.45, 2.75) is 61.4 Å². The van der Waals surface area contributed by atoms with Crippen molar-refractivity contribution in [3.05, 3.63) is 41.2 Å². The van der Waals surface area contributed by atoms with Gasteiger partial charge in [-0.05, 0) is 44.8 Å². The summed E-state index contributed by atoms with van der Waals surface area (Å²) < 4.78 is 0. The molecule has 0 spiro atoms. The van der Waals surface area contributed by atoms with E-state index in [2.05, 4.69) is 51.8 Å². The first-order chi connectivity index (χ1) is 14.0. The minimum absolute atomic E-state index is 0.0116. The molecule has 0 radical (unpaired) electrons. The lowest BCUT2D eigenvalue weighted by Gasteiger charge is -2.38. The number of carbonyl (C=O) groups excluding carboxylic acids is 1. The Morgan fingerprint density at radius 1 is 1.00 bits per heavy atom. The van der Waals surface area contributed by atoms with Gasteiger partial charge in [0.05, 0.1) is 0 Å². The van der Waals surface area contributed by atoms with Crippen LogP contribution in [-0.2, 0) is 5.41 Å². The molecule has 29 heavy (non-hydrogen) atoms. The van der Waals surface area contributed by atoms with Gasteiger partial charge in [-0.25, -0.2) is 14.8 Å². The summed E-state index contributed by atoms with van der Waals surface area (Å²) in [6, 6.07) is 8.60. The predicted molar refractivity (Wildman–Crippen MR) is 123 cm³/mol. The quantitative estimate of drug-likeness (QED) is 0.464. The van der Waals surface area contributed by atoms with Gasteiger partial charge in [0.2, 0.25) is 0 Å². The van der Waals surface area contributed by atoms with Gasteiger partial charge in [-0.1, -0.05) is 49.1 Å². The fourth-order valence-corrected chi connectivity index (χ4v) is 5.25. The maximum Gasteiger partial charge on any atom is 0.319 e. The van der Waals surface area contributed by atoms with Gasteiger partial charge in [-0.3, -0.25) is 0 Å². The Labute approximate surface area is 182 Å². The van der Waals surface area contributed by atoms with E-state index < -0.39 is 0 Å². The SMILES string of the molecule is CSc1nc(C)nc(SC)c1NC(=O)NCC1(c2ccc(C)cc2)CCCCC1. The van der Waals surface area contributed by atoms with Crippen LogP contribution in [0.2, 0.25) is 0 Å². The van der Waals surface area contributed by atoms with E-state index in [9.17, 15) is 4.79 Å². The van der Waals surface area contributed by atoms with Crippen LogP contribution in [0.15, 0.2) is 34.3 Å². The van der Waals surface area contributed by atoms with Gasteiger partial charge in [0.15, 0.2) is 0 Å². The van der Waals surface area contributed by atoms with Crippen molar-refractivity contribution in [2.24, 2.45) is 0 Å². The first-order valence-electron chi connectivity index (χ1n) is 10.1. The van der Waals surface area contributed by atoms with Crippen LogP contribution in [0, 0.1) is 13.8 Å². The molecule has 0 aliphatic heterocycles. The number of aryl methyl sites for hydroxylation is 2. The summed E-state index contributed by atoms with van der Waals surface area (Å²) in [6.45, 7) is 4.62. The Bertz CT molecular complexity index is 823. The molecule has 2 aromatic rings. The highest BCUT2D eigenvalue weighted by Gasteiger charge is 2.34. The standard InChI is InChI=1S/C22H30N4OS2/c1-15-8-10-17(11-9-15)22(12-6-5-7-13-22)14-23-21(27)26-18-19(28-3)24-16(2)25-20(18)29-4/h8-11H,5-7,12-14H2,1-4H3,(H2,23,26,27). The Kier molecular flexibility index (Phi) is 7.46. The molecule has 0 atom stereocenters. The van der Waals surface area contributed by atoms with Crippen LogP contribution in [0.5, 0.6) is 0 Å². The number of amides is 2. The molecule has 2 amide bonds. The van der Waals surface area contributed by atoms with Crippen LogP contribution in [0.4, 0.5) is 10.5 Å². The molecule has 1 aromatic carbocycles. The fourth-order valence-electron chi connectivity index (χ4n) is 4.03. The third-order valence-corrected chi connectivity index (χ3v) is 7.01. The Balaban J connectivity index is 1.75. The molecule has 0 unspecified atom stereocenters. The second-order valence-corrected chi connectivity index (χ2v) is 9.27. The number of anilines is 1. The van der Waals surface area contributed by atoms with Gasteiger partial charge < -0.3 is 10.6 Å². The van der Waals surface area contributed by atoms with E-state index in [-0.39, 0.29) is 11.4 Å². The van der Waals surface area contributed by atoms with Crippen molar-refractivity contribution in [1.29, 1.82) is 0 Å². The molecule has 3 rings (SSSR count). The zero-order chi connectivity index (χ0) is 20.9. The van der Waals surface area contributed by atoms with E-state index in [1.54, 1.807) is 0 Å². The van der Waals surface area contributed by atoms with Gasteiger partial charge >= 0.3 is 6.03 Å². The molecule has 0 bridgehead atoms. The maximum atomic E-state index is 12.8. The summed E-state index contributed by atoms with van der Waals surface area (Å²) in [5.74, 6) is 0.713. The number of urea groups is 1. The lowest BCUT2D eigenvalue weighted by Crippen LogP contribution is -2.43. The van der Waals surface area contributed by atoms with Crippen LogP contribution in [0.25, 0.3) is 0 Å². The van der Waals surface area contributed by atoms with E-state index in [4.69, 9.17) is 0 Å². The van der Waals surface area contributed by atoms with Crippen LogP contribution >= 0.6 is 23.5 Å². The third-order valence-electron chi connectivity index (χ3n) is 5.64. The number of nitrogens with zero attached hydrogens (tertiary/aromatic N) is 2. The molecule has 1 heterocycles. The van der Waals surface area contributed by atoms with E-state index in [0.29, 0.717) is 18.1 Å². The average Bonchev–Trinajstić information content (AvgIpc) is 2.74. The molecular weight excluding hydrogens is 400 g/mol. The predicted octanol–water partition coefficient (Wildman–Crippen LogP) is 5.56. The van der Waals surface area contributed by atoms with Gasteiger partial charge in [0, 0.05) is 12.0 Å². The Morgan fingerprint density at radius 2 is 1.59 bits per heavy atom. The van der Waals surface area contributed by atoms with Crippen molar-refractivity contribution >= 4 is 35.2 Å². The zero-order valence-corrected chi connectivity index (χ0v) is 19.3. The molecule has 1 aliphatic carbocycles. The lowest BCUT2D eigenvalue weighted by molar-refractivity contribution is 0.240. The summed E-state index contributed by atoms with van der Waals surface area (Å²) in [4.78, 5) is 21.7. The molecule has 0 saturated heterocycles. The number of benzene rings is 1. The van der Waals surface area contributed by atoms with Crippen molar-refractivity contribution in [3.63, 3.8) is 0 Å². The lowest BCUT2D eigenvalue weighted by atomic mass is 9.69. The molecule has 156 valence electrons. The minimum atomic E-state index is -0.194. The Morgan fingerprint density at radius 3 is 2.14 bits per heavy atom. The van der Waals surface area contributed by atoms with Crippen LogP contribution in [0.1, 0.15) is 49.1 Å². The van der Waals surface area contributed by atoms with E-state index in [1.165, 1.54) is 53.9 Å². The number of aromatic nitrogens is 2. The summed E-state index contributed by atoms with van der Waals surface area (Å²) in [7, 11) is 0. The molecule has 1 saturated carbocycles. The molecular formula is C22H30N4OS2. The third kappa shape index (κ3) is 5.25.